The highest BCUT2D eigenvalue weighted by molar-refractivity contribution is 5.76. The Morgan fingerprint density at radius 2 is 0.573 bits per heavy atom. The van der Waals surface area contributed by atoms with Crippen molar-refractivity contribution in [2.75, 3.05) is 13.2 Å². The van der Waals surface area contributed by atoms with Crippen LogP contribution in [0, 0.1) is 0 Å². The lowest BCUT2D eigenvalue weighted by Gasteiger charge is -2.22. The van der Waals surface area contributed by atoms with Crippen LogP contribution in [0.15, 0.2) is 12.2 Å². The summed E-state index contributed by atoms with van der Waals surface area (Å²) in [5.41, 5.74) is 0. The third kappa shape index (κ3) is 67.7. The van der Waals surface area contributed by atoms with Crippen molar-refractivity contribution in [2.24, 2.45) is 0 Å². The summed E-state index contributed by atoms with van der Waals surface area (Å²) in [6.45, 7) is 5.01. The Bertz CT molecular complexity index is 1240. The summed E-state index contributed by atoms with van der Waals surface area (Å²) in [5.74, 6) is -0.00513. The minimum atomic E-state index is -0.662. The van der Waals surface area contributed by atoms with Crippen molar-refractivity contribution >= 4 is 11.9 Å². The molecular weight excluding hydrogens is 1010 g/mol. The lowest BCUT2D eigenvalue weighted by atomic mass is 10.0. The van der Waals surface area contributed by atoms with Gasteiger partial charge in [-0.2, -0.15) is 0 Å². The number of ether oxygens (including phenoxy) is 1. The smallest absolute Gasteiger partial charge is 0.305 e. The molecule has 0 radical (unpaired) electrons. The van der Waals surface area contributed by atoms with E-state index in [1.165, 1.54) is 366 Å². The zero-order valence-corrected chi connectivity index (χ0v) is 56.0. The summed E-state index contributed by atoms with van der Waals surface area (Å²) in [5, 5.41) is 23.4. The van der Waals surface area contributed by atoms with Crippen molar-refractivity contribution in [3.8, 4) is 0 Å². The maximum absolute atomic E-state index is 12.5. The lowest BCUT2D eigenvalue weighted by Crippen LogP contribution is -2.45. The van der Waals surface area contributed by atoms with Crippen LogP contribution < -0.4 is 5.32 Å². The number of rotatable bonds is 72. The number of esters is 1. The van der Waals surface area contributed by atoms with Crippen molar-refractivity contribution in [1.29, 1.82) is 0 Å². The van der Waals surface area contributed by atoms with E-state index in [4.69, 9.17) is 4.74 Å². The molecule has 0 aromatic rings. The van der Waals surface area contributed by atoms with E-state index in [1.807, 2.05) is 0 Å². The first-order valence-corrected chi connectivity index (χ1v) is 37.9. The van der Waals surface area contributed by atoms with Crippen LogP contribution in [0.25, 0.3) is 0 Å². The van der Waals surface area contributed by atoms with Gasteiger partial charge in [0.2, 0.25) is 5.91 Å². The number of allylic oxidation sites excluding steroid dienone is 2. The summed E-state index contributed by atoms with van der Waals surface area (Å²) in [6.07, 6.45) is 90.0. The molecule has 0 bridgehead atoms. The average molecular weight is 1160 g/mol. The molecule has 0 spiro atoms. The van der Waals surface area contributed by atoms with Crippen LogP contribution in [0.5, 0.6) is 0 Å². The Balaban J connectivity index is 3.33. The topological polar surface area (TPSA) is 95.9 Å². The molecule has 0 saturated heterocycles. The zero-order valence-electron chi connectivity index (χ0n) is 56.0. The molecule has 3 N–H and O–H groups in total. The molecule has 488 valence electrons. The number of aliphatic hydroxyl groups is 2. The summed E-state index contributed by atoms with van der Waals surface area (Å²) >= 11 is 0. The van der Waals surface area contributed by atoms with E-state index < -0.39 is 12.1 Å². The number of hydrogen-bond acceptors (Lipinski definition) is 5. The number of carbonyl (C=O) groups is 2. The monoisotopic (exact) mass is 1160 g/mol. The van der Waals surface area contributed by atoms with Gasteiger partial charge in [0.15, 0.2) is 0 Å². The van der Waals surface area contributed by atoms with Gasteiger partial charge in [-0.1, -0.05) is 386 Å². The minimum Gasteiger partial charge on any atom is -0.466 e. The number of amides is 1. The summed E-state index contributed by atoms with van der Waals surface area (Å²) in [6, 6.07) is -0.539. The molecular formula is C76H149NO5. The summed E-state index contributed by atoms with van der Waals surface area (Å²) in [4.78, 5) is 24.6. The highest BCUT2D eigenvalue weighted by Gasteiger charge is 2.20. The number of aliphatic hydroxyl groups excluding tert-OH is 2. The van der Waals surface area contributed by atoms with Crippen LogP contribution in [0.2, 0.25) is 0 Å². The van der Waals surface area contributed by atoms with Crippen molar-refractivity contribution < 1.29 is 24.5 Å². The van der Waals surface area contributed by atoms with E-state index in [0.29, 0.717) is 25.9 Å². The van der Waals surface area contributed by atoms with E-state index in [2.05, 4.69) is 31.3 Å². The molecule has 82 heavy (non-hydrogen) atoms. The van der Waals surface area contributed by atoms with Gasteiger partial charge in [-0.15, -0.1) is 0 Å². The Hall–Kier alpha value is -1.40. The molecule has 2 unspecified atom stereocenters. The van der Waals surface area contributed by atoms with Crippen LogP contribution in [0.3, 0.4) is 0 Å². The molecule has 0 aromatic heterocycles. The second kappa shape index (κ2) is 72.1. The predicted molar refractivity (Wildman–Crippen MR) is 361 cm³/mol. The fraction of sp³-hybridized carbons (Fsp3) is 0.947. The Kier molecular flexibility index (Phi) is 70.8. The molecule has 2 atom stereocenters. The number of nitrogens with one attached hydrogen (secondary N) is 1. The van der Waals surface area contributed by atoms with E-state index in [-0.39, 0.29) is 18.5 Å². The van der Waals surface area contributed by atoms with Crippen molar-refractivity contribution in [3.63, 3.8) is 0 Å². The van der Waals surface area contributed by atoms with Crippen LogP contribution in [-0.4, -0.2) is 47.4 Å². The third-order valence-electron chi connectivity index (χ3n) is 18.1. The van der Waals surface area contributed by atoms with E-state index >= 15 is 0 Å². The molecule has 0 heterocycles. The quantitative estimate of drug-likeness (QED) is 0.0320. The predicted octanol–water partition coefficient (Wildman–Crippen LogP) is 24.7. The molecule has 6 nitrogen and oxygen atoms in total. The van der Waals surface area contributed by atoms with Crippen LogP contribution in [-0.2, 0) is 14.3 Å². The molecule has 1 amide bonds. The molecule has 0 aliphatic rings. The first-order valence-electron chi connectivity index (χ1n) is 37.9. The normalized spacial score (nSPS) is 12.5. The van der Waals surface area contributed by atoms with Crippen molar-refractivity contribution in [3.05, 3.63) is 12.2 Å². The Morgan fingerprint density at radius 1 is 0.329 bits per heavy atom. The Morgan fingerprint density at radius 3 is 0.866 bits per heavy atom. The largest absolute Gasteiger partial charge is 0.466 e. The van der Waals surface area contributed by atoms with Crippen molar-refractivity contribution in [1.82, 2.24) is 5.32 Å². The van der Waals surface area contributed by atoms with Gasteiger partial charge in [0, 0.05) is 12.8 Å². The molecule has 0 saturated carbocycles. The van der Waals surface area contributed by atoms with Gasteiger partial charge in [0.05, 0.1) is 25.4 Å². The minimum absolute atomic E-state index is 0.0228. The van der Waals surface area contributed by atoms with Gasteiger partial charge in [-0.05, 0) is 51.4 Å². The van der Waals surface area contributed by atoms with Gasteiger partial charge >= 0.3 is 5.97 Å². The molecule has 0 rings (SSSR count). The van der Waals surface area contributed by atoms with Gasteiger partial charge in [0.1, 0.15) is 0 Å². The average Bonchev–Trinajstić information content (AvgIpc) is 3.48. The fourth-order valence-electron chi connectivity index (χ4n) is 12.3. The maximum atomic E-state index is 12.5. The highest BCUT2D eigenvalue weighted by atomic mass is 16.5. The van der Waals surface area contributed by atoms with Crippen LogP contribution in [0.4, 0.5) is 0 Å². The first kappa shape index (κ1) is 80.6. The second-order valence-corrected chi connectivity index (χ2v) is 26.3. The van der Waals surface area contributed by atoms with Gasteiger partial charge in [-0.25, -0.2) is 0 Å². The Labute approximate surface area is 514 Å². The number of hydrogen-bond donors (Lipinski definition) is 3. The van der Waals surface area contributed by atoms with E-state index in [0.717, 1.165) is 38.5 Å². The van der Waals surface area contributed by atoms with Gasteiger partial charge in [0.25, 0.3) is 0 Å². The highest BCUT2D eigenvalue weighted by Crippen LogP contribution is 2.20. The molecule has 6 heteroatoms. The standard InChI is InChI=1S/C76H149NO5/c1-3-5-7-9-11-13-15-17-19-37-40-44-48-52-56-60-64-68-74(79)73(72-78)77-75(80)69-65-61-57-53-49-45-41-38-35-33-31-29-27-25-23-21-22-24-26-28-30-32-34-36-39-43-47-51-55-59-63-67-71-82-76(81)70-66-62-58-54-50-46-42-20-18-16-14-12-10-8-6-4-2/h24,26,73-74,78-79H,3-23,25,27-72H2,1-2H3,(H,77,80)/b26-24-. The second-order valence-electron chi connectivity index (χ2n) is 26.3. The zero-order chi connectivity index (χ0) is 59.2. The number of unbranched alkanes of at least 4 members (excludes halogenated alkanes) is 59. The summed E-state index contributed by atoms with van der Waals surface area (Å²) < 4.78 is 5.51. The third-order valence-corrected chi connectivity index (χ3v) is 18.1. The van der Waals surface area contributed by atoms with E-state index in [1.54, 1.807) is 0 Å². The van der Waals surface area contributed by atoms with Gasteiger partial charge < -0.3 is 20.3 Å². The van der Waals surface area contributed by atoms with Crippen molar-refractivity contribution in [2.45, 2.75) is 450 Å². The molecule has 0 fully saturated rings. The van der Waals surface area contributed by atoms with Crippen LogP contribution >= 0.6 is 0 Å². The summed E-state index contributed by atoms with van der Waals surface area (Å²) in [7, 11) is 0. The van der Waals surface area contributed by atoms with Crippen LogP contribution in [0.1, 0.15) is 438 Å². The lowest BCUT2D eigenvalue weighted by molar-refractivity contribution is -0.143. The number of carbonyl (C=O) groups excluding carboxylic acids is 2. The first-order chi connectivity index (χ1) is 40.5. The molecule has 0 aliphatic carbocycles. The SMILES string of the molecule is CCCCCCCCCCCCCCCCCCCC(O)C(CO)NC(=O)CCCCCCCCCCCCCCCCCC/C=C\CCCCCCCCCCCCCCOC(=O)CCCCCCCCCCCCCCCCCC. The van der Waals surface area contributed by atoms with Gasteiger partial charge in [-0.3, -0.25) is 9.59 Å². The van der Waals surface area contributed by atoms with E-state index in [9.17, 15) is 19.8 Å². The fourth-order valence-corrected chi connectivity index (χ4v) is 12.3. The maximum Gasteiger partial charge on any atom is 0.305 e. The molecule has 0 aliphatic heterocycles. The molecule has 0 aromatic carbocycles.